The smallest absolute Gasteiger partial charge is 0.407 e. The van der Waals surface area contributed by atoms with Gasteiger partial charge in [0.2, 0.25) is 0 Å². The van der Waals surface area contributed by atoms with E-state index in [1.807, 2.05) is 0 Å². The van der Waals surface area contributed by atoms with Gasteiger partial charge in [0.15, 0.2) is 0 Å². The predicted octanol–water partition coefficient (Wildman–Crippen LogP) is 2.86. The molecule has 1 aliphatic heterocycles. The minimum absolute atomic E-state index is 0.376. The molecule has 1 saturated heterocycles. The van der Waals surface area contributed by atoms with Crippen LogP contribution in [0.1, 0.15) is 24.0 Å². The maximum absolute atomic E-state index is 10.8. The van der Waals surface area contributed by atoms with Crippen LogP contribution in [0.2, 0.25) is 0 Å². The Bertz CT molecular complexity index is 437. The standard InChI is InChI=1S/C14H20N2O2/c1-10-3-4-11(2)13(9-10)15-12-5-7-16(8-6-12)14(17)18/h3-4,9,12,15H,5-8H2,1-2H3,(H,17,18). The summed E-state index contributed by atoms with van der Waals surface area (Å²) in [7, 11) is 0. The lowest BCUT2D eigenvalue weighted by Crippen LogP contribution is -2.41. The van der Waals surface area contributed by atoms with Crippen LogP contribution >= 0.6 is 0 Å². The lowest BCUT2D eigenvalue weighted by atomic mass is 10.0. The minimum Gasteiger partial charge on any atom is -0.465 e. The molecule has 0 saturated carbocycles. The van der Waals surface area contributed by atoms with Gasteiger partial charge in [-0.1, -0.05) is 12.1 Å². The fraction of sp³-hybridized carbons (Fsp3) is 0.500. The molecular weight excluding hydrogens is 228 g/mol. The molecule has 1 amide bonds. The first-order valence-corrected chi connectivity index (χ1v) is 6.38. The summed E-state index contributed by atoms with van der Waals surface area (Å²) in [6, 6.07) is 6.75. The molecule has 0 aromatic heterocycles. The molecule has 2 rings (SSSR count). The molecule has 2 N–H and O–H groups in total. The van der Waals surface area contributed by atoms with Crippen LogP contribution in [-0.4, -0.2) is 35.2 Å². The summed E-state index contributed by atoms with van der Waals surface area (Å²) in [6.45, 7) is 5.42. The van der Waals surface area contributed by atoms with Crippen LogP contribution in [0.15, 0.2) is 18.2 Å². The number of anilines is 1. The number of benzene rings is 1. The van der Waals surface area contributed by atoms with Crippen molar-refractivity contribution in [3.05, 3.63) is 29.3 Å². The number of nitrogens with one attached hydrogen (secondary N) is 1. The van der Waals surface area contributed by atoms with E-state index < -0.39 is 6.09 Å². The first-order chi connectivity index (χ1) is 8.56. The number of carbonyl (C=O) groups is 1. The van der Waals surface area contributed by atoms with E-state index in [2.05, 4.69) is 37.4 Å². The minimum atomic E-state index is -0.805. The molecule has 0 bridgehead atoms. The van der Waals surface area contributed by atoms with E-state index >= 15 is 0 Å². The van der Waals surface area contributed by atoms with Gasteiger partial charge in [-0.05, 0) is 43.9 Å². The summed E-state index contributed by atoms with van der Waals surface area (Å²) in [5.74, 6) is 0. The number of hydrogen-bond donors (Lipinski definition) is 2. The Labute approximate surface area is 108 Å². The van der Waals surface area contributed by atoms with E-state index in [9.17, 15) is 4.79 Å². The van der Waals surface area contributed by atoms with Gasteiger partial charge in [0.25, 0.3) is 0 Å². The molecule has 0 unspecified atom stereocenters. The molecule has 1 aromatic carbocycles. The van der Waals surface area contributed by atoms with Crippen molar-refractivity contribution in [1.29, 1.82) is 0 Å². The first-order valence-electron chi connectivity index (χ1n) is 6.38. The highest BCUT2D eigenvalue weighted by atomic mass is 16.4. The van der Waals surface area contributed by atoms with Gasteiger partial charge in [0, 0.05) is 24.8 Å². The third kappa shape index (κ3) is 2.94. The highest BCUT2D eigenvalue weighted by molar-refractivity contribution is 5.65. The Morgan fingerprint density at radius 1 is 1.33 bits per heavy atom. The average Bonchev–Trinajstić information content (AvgIpc) is 2.34. The topological polar surface area (TPSA) is 52.6 Å². The van der Waals surface area contributed by atoms with Crippen LogP contribution in [0.4, 0.5) is 10.5 Å². The van der Waals surface area contributed by atoms with Crippen LogP contribution in [0.3, 0.4) is 0 Å². The van der Waals surface area contributed by atoms with Gasteiger partial charge < -0.3 is 15.3 Å². The molecule has 98 valence electrons. The number of hydrogen-bond acceptors (Lipinski definition) is 2. The Kier molecular flexibility index (Phi) is 3.75. The predicted molar refractivity (Wildman–Crippen MR) is 72.2 cm³/mol. The van der Waals surface area contributed by atoms with Crippen molar-refractivity contribution < 1.29 is 9.90 Å². The van der Waals surface area contributed by atoms with E-state index in [4.69, 9.17) is 5.11 Å². The van der Waals surface area contributed by atoms with Gasteiger partial charge >= 0.3 is 6.09 Å². The van der Waals surface area contributed by atoms with Gasteiger partial charge in [0.1, 0.15) is 0 Å². The van der Waals surface area contributed by atoms with E-state index in [0.717, 1.165) is 12.8 Å². The van der Waals surface area contributed by atoms with Crippen LogP contribution < -0.4 is 5.32 Å². The molecule has 4 nitrogen and oxygen atoms in total. The van der Waals surface area contributed by atoms with Gasteiger partial charge in [-0.25, -0.2) is 4.79 Å². The molecule has 1 heterocycles. The lowest BCUT2D eigenvalue weighted by Gasteiger charge is -2.31. The number of carboxylic acid groups (broad SMARTS) is 1. The molecule has 0 atom stereocenters. The van der Waals surface area contributed by atoms with Crippen molar-refractivity contribution in [2.24, 2.45) is 0 Å². The number of nitrogens with zero attached hydrogens (tertiary/aromatic N) is 1. The quantitative estimate of drug-likeness (QED) is 0.846. The summed E-state index contributed by atoms with van der Waals surface area (Å²) in [5.41, 5.74) is 3.65. The monoisotopic (exact) mass is 248 g/mol. The number of amides is 1. The van der Waals surface area contributed by atoms with Crippen LogP contribution in [-0.2, 0) is 0 Å². The summed E-state index contributed by atoms with van der Waals surface area (Å²) in [4.78, 5) is 12.3. The van der Waals surface area contributed by atoms with Gasteiger partial charge in [-0.3, -0.25) is 0 Å². The second-order valence-corrected chi connectivity index (χ2v) is 5.01. The first kappa shape index (κ1) is 12.7. The van der Waals surface area contributed by atoms with E-state index in [1.54, 1.807) is 0 Å². The van der Waals surface area contributed by atoms with Gasteiger partial charge in [-0.15, -0.1) is 0 Å². The maximum Gasteiger partial charge on any atom is 0.407 e. The zero-order valence-electron chi connectivity index (χ0n) is 10.9. The fourth-order valence-corrected chi connectivity index (χ4v) is 2.33. The second-order valence-electron chi connectivity index (χ2n) is 5.01. The molecule has 0 radical (unpaired) electrons. The van der Waals surface area contributed by atoms with Gasteiger partial charge in [0.05, 0.1) is 0 Å². The molecule has 0 spiro atoms. The molecule has 1 aromatic rings. The van der Waals surface area contributed by atoms with Crippen molar-refractivity contribution in [2.45, 2.75) is 32.7 Å². The normalized spacial score (nSPS) is 16.7. The number of piperidine rings is 1. The van der Waals surface area contributed by atoms with Crippen molar-refractivity contribution in [1.82, 2.24) is 4.90 Å². The molecule has 1 fully saturated rings. The van der Waals surface area contributed by atoms with Crippen LogP contribution in [0.5, 0.6) is 0 Å². The summed E-state index contributed by atoms with van der Waals surface area (Å²) in [6.07, 6.45) is 0.944. The second kappa shape index (κ2) is 5.29. The Morgan fingerprint density at radius 3 is 2.61 bits per heavy atom. The number of likely N-dealkylation sites (tertiary alicyclic amines) is 1. The Balaban J connectivity index is 1.95. The zero-order chi connectivity index (χ0) is 13.1. The third-order valence-corrected chi connectivity index (χ3v) is 3.52. The number of aryl methyl sites for hydroxylation is 2. The summed E-state index contributed by atoms with van der Waals surface area (Å²) >= 11 is 0. The van der Waals surface area contributed by atoms with Crippen molar-refractivity contribution >= 4 is 11.8 Å². The lowest BCUT2D eigenvalue weighted by molar-refractivity contribution is 0.134. The molecule has 4 heteroatoms. The Hall–Kier alpha value is -1.71. The molecule has 0 aliphatic carbocycles. The van der Waals surface area contributed by atoms with Crippen molar-refractivity contribution in [3.63, 3.8) is 0 Å². The average molecular weight is 248 g/mol. The molecule has 18 heavy (non-hydrogen) atoms. The number of rotatable bonds is 2. The Morgan fingerprint density at radius 2 is 2.00 bits per heavy atom. The molecular formula is C14H20N2O2. The van der Waals surface area contributed by atoms with E-state index in [-0.39, 0.29) is 0 Å². The SMILES string of the molecule is Cc1ccc(C)c(NC2CCN(C(=O)O)CC2)c1. The molecule has 1 aliphatic rings. The van der Waals surface area contributed by atoms with Gasteiger partial charge in [-0.2, -0.15) is 0 Å². The largest absolute Gasteiger partial charge is 0.465 e. The van der Waals surface area contributed by atoms with Crippen molar-refractivity contribution in [2.75, 3.05) is 18.4 Å². The van der Waals surface area contributed by atoms with Crippen LogP contribution in [0, 0.1) is 13.8 Å². The fourth-order valence-electron chi connectivity index (χ4n) is 2.33. The van der Waals surface area contributed by atoms with Crippen LogP contribution in [0.25, 0.3) is 0 Å². The third-order valence-electron chi connectivity index (χ3n) is 3.52. The van der Waals surface area contributed by atoms with E-state index in [0.29, 0.717) is 19.1 Å². The zero-order valence-corrected chi connectivity index (χ0v) is 10.9. The summed E-state index contributed by atoms with van der Waals surface area (Å²) < 4.78 is 0. The highest BCUT2D eigenvalue weighted by Gasteiger charge is 2.22. The highest BCUT2D eigenvalue weighted by Crippen LogP contribution is 2.21. The van der Waals surface area contributed by atoms with Crippen molar-refractivity contribution in [3.8, 4) is 0 Å². The maximum atomic E-state index is 10.8. The van der Waals surface area contributed by atoms with E-state index in [1.165, 1.54) is 21.7 Å². The summed E-state index contributed by atoms with van der Waals surface area (Å²) in [5, 5.41) is 12.4.